The van der Waals surface area contributed by atoms with Crippen molar-refractivity contribution in [3.05, 3.63) is 53.6 Å². The normalized spacial score (nSPS) is 16.5. The first kappa shape index (κ1) is 14.3. The smallest absolute Gasteiger partial charge is 0.290 e. The third kappa shape index (κ3) is 2.37. The second kappa shape index (κ2) is 5.41. The molecule has 0 bridgehead atoms. The maximum atomic E-state index is 12.6. The maximum absolute atomic E-state index is 12.6. The van der Waals surface area contributed by atoms with Gasteiger partial charge in [-0.3, -0.25) is 14.0 Å². The van der Waals surface area contributed by atoms with Gasteiger partial charge in [-0.15, -0.1) is 10.2 Å². The molecule has 8 heteroatoms. The van der Waals surface area contributed by atoms with Crippen LogP contribution in [0, 0.1) is 6.92 Å². The van der Waals surface area contributed by atoms with Crippen LogP contribution < -0.4 is 10.6 Å². The molecule has 0 saturated carbocycles. The number of fused-ring (bicyclic) bond motifs is 2. The van der Waals surface area contributed by atoms with Crippen LogP contribution in [0.3, 0.4) is 0 Å². The minimum absolute atomic E-state index is 0.137. The molecule has 2 N–H and O–H groups in total. The van der Waals surface area contributed by atoms with E-state index in [0.29, 0.717) is 11.5 Å². The second-order valence-corrected chi connectivity index (χ2v) is 5.63. The average molecular weight is 322 g/mol. The van der Waals surface area contributed by atoms with E-state index in [-0.39, 0.29) is 18.2 Å². The molecule has 1 aliphatic rings. The lowest BCUT2D eigenvalue weighted by Crippen LogP contribution is -2.36. The number of amides is 2. The predicted molar refractivity (Wildman–Crippen MR) is 85.4 cm³/mol. The van der Waals surface area contributed by atoms with Gasteiger partial charge in [0.1, 0.15) is 0 Å². The fraction of sp³-hybridized carbons (Fsp3) is 0.188. The summed E-state index contributed by atoms with van der Waals surface area (Å²) >= 11 is 0. The molecule has 0 unspecified atom stereocenters. The standard InChI is InChI=1S/C16H14N6O2/c1-9-6-7-22-14(20-21-16(22)17-9)15(24)19-12-8-13(23)18-11-5-3-2-4-10(11)12/h2-7,12H,8H2,1H3,(H,18,23)(H,19,24)/t12-/m0/s1. The quantitative estimate of drug-likeness (QED) is 0.739. The number of nitrogens with zero attached hydrogens (tertiary/aromatic N) is 4. The number of anilines is 1. The van der Waals surface area contributed by atoms with Gasteiger partial charge in [-0.05, 0) is 24.6 Å². The molecule has 120 valence electrons. The Hall–Kier alpha value is -3.29. The van der Waals surface area contributed by atoms with E-state index in [4.69, 9.17) is 0 Å². The first-order chi connectivity index (χ1) is 11.6. The van der Waals surface area contributed by atoms with E-state index in [0.717, 1.165) is 11.3 Å². The first-order valence-electron chi connectivity index (χ1n) is 7.50. The molecule has 2 aromatic heterocycles. The minimum Gasteiger partial charge on any atom is -0.342 e. The van der Waals surface area contributed by atoms with Crippen LogP contribution in [-0.2, 0) is 4.79 Å². The fourth-order valence-electron chi connectivity index (χ4n) is 2.79. The number of hydrogen-bond donors (Lipinski definition) is 2. The van der Waals surface area contributed by atoms with Gasteiger partial charge in [0.15, 0.2) is 0 Å². The molecule has 3 aromatic rings. The summed E-state index contributed by atoms with van der Waals surface area (Å²) in [5.41, 5.74) is 2.37. The summed E-state index contributed by atoms with van der Waals surface area (Å²) in [6, 6.07) is 8.76. The molecule has 0 fully saturated rings. The number of para-hydroxylation sites is 1. The van der Waals surface area contributed by atoms with Crippen molar-refractivity contribution in [2.45, 2.75) is 19.4 Å². The van der Waals surface area contributed by atoms with Crippen LogP contribution in [0.1, 0.15) is 34.3 Å². The number of aromatic nitrogens is 4. The van der Waals surface area contributed by atoms with Crippen molar-refractivity contribution in [1.82, 2.24) is 24.9 Å². The second-order valence-electron chi connectivity index (χ2n) is 5.63. The van der Waals surface area contributed by atoms with Crippen LogP contribution in [0.4, 0.5) is 5.69 Å². The lowest BCUT2D eigenvalue weighted by atomic mass is 9.97. The number of nitrogens with one attached hydrogen (secondary N) is 2. The van der Waals surface area contributed by atoms with Crippen LogP contribution in [0.15, 0.2) is 36.5 Å². The van der Waals surface area contributed by atoms with Crippen molar-refractivity contribution >= 4 is 23.3 Å². The van der Waals surface area contributed by atoms with Gasteiger partial charge in [-0.2, -0.15) is 0 Å². The Morgan fingerprint density at radius 1 is 1.29 bits per heavy atom. The van der Waals surface area contributed by atoms with Gasteiger partial charge in [0, 0.05) is 17.6 Å². The van der Waals surface area contributed by atoms with Crippen molar-refractivity contribution in [3.63, 3.8) is 0 Å². The molecule has 0 spiro atoms. The summed E-state index contributed by atoms with van der Waals surface area (Å²) in [5, 5.41) is 13.5. The molecule has 8 nitrogen and oxygen atoms in total. The fourth-order valence-corrected chi connectivity index (χ4v) is 2.79. The van der Waals surface area contributed by atoms with Gasteiger partial charge in [0.25, 0.3) is 11.7 Å². The van der Waals surface area contributed by atoms with Crippen LogP contribution in [-0.4, -0.2) is 31.4 Å². The molecule has 4 rings (SSSR count). The molecule has 0 aliphatic carbocycles. The average Bonchev–Trinajstić information content (AvgIpc) is 2.97. The summed E-state index contributed by atoms with van der Waals surface area (Å²) < 4.78 is 1.52. The van der Waals surface area contributed by atoms with Crippen molar-refractivity contribution in [3.8, 4) is 0 Å². The van der Waals surface area contributed by atoms with Gasteiger partial charge in [0.05, 0.1) is 12.5 Å². The maximum Gasteiger partial charge on any atom is 0.290 e. The summed E-state index contributed by atoms with van der Waals surface area (Å²) in [6.07, 6.45) is 1.88. The van der Waals surface area contributed by atoms with E-state index in [1.165, 1.54) is 4.40 Å². The number of carbonyl (C=O) groups excluding carboxylic acids is 2. The third-order valence-electron chi connectivity index (χ3n) is 3.93. The van der Waals surface area contributed by atoms with E-state index < -0.39 is 11.9 Å². The van der Waals surface area contributed by atoms with E-state index in [9.17, 15) is 9.59 Å². The minimum atomic E-state index is -0.409. The van der Waals surface area contributed by atoms with E-state index in [2.05, 4.69) is 25.8 Å². The van der Waals surface area contributed by atoms with Gasteiger partial charge in [0.2, 0.25) is 11.7 Å². The Balaban J connectivity index is 1.65. The van der Waals surface area contributed by atoms with Crippen LogP contribution in [0.2, 0.25) is 0 Å². The molecule has 0 radical (unpaired) electrons. The number of carbonyl (C=O) groups is 2. The number of aryl methyl sites for hydroxylation is 1. The van der Waals surface area contributed by atoms with Gasteiger partial charge < -0.3 is 10.6 Å². The highest BCUT2D eigenvalue weighted by Gasteiger charge is 2.27. The molecule has 1 atom stereocenters. The van der Waals surface area contributed by atoms with Crippen molar-refractivity contribution < 1.29 is 9.59 Å². The summed E-state index contributed by atoms with van der Waals surface area (Å²) in [6.45, 7) is 1.84. The van der Waals surface area contributed by atoms with E-state index >= 15 is 0 Å². The molecular weight excluding hydrogens is 308 g/mol. The number of benzene rings is 1. The molecule has 2 amide bonds. The monoisotopic (exact) mass is 322 g/mol. The first-order valence-corrected chi connectivity index (χ1v) is 7.50. The highest BCUT2D eigenvalue weighted by molar-refractivity contribution is 5.97. The van der Waals surface area contributed by atoms with Crippen molar-refractivity contribution in [2.24, 2.45) is 0 Å². The lowest BCUT2D eigenvalue weighted by Gasteiger charge is -2.26. The highest BCUT2D eigenvalue weighted by Crippen LogP contribution is 2.30. The highest BCUT2D eigenvalue weighted by atomic mass is 16.2. The molecule has 3 heterocycles. The van der Waals surface area contributed by atoms with E-state index in [1.54, 1.807) is 12.3 Å². The van der Waals surface area contributed by atoms with Gasteiger partial charge in [-0.25, -0.2) is 4.98 Å². The summed E-state index contributed by atoms with van der Waals surface area (Å²) in [4.78, 5) is 28.7. The summed E-state index contributed by atoms with van der Waals surface area (Å²) in [7, 11) is 0. The SMILES string of the molecule is Cc1ccn2c(C(=O)N[C@H]3CC(=O)Nc4ccccc43)nnc2n1. The van der Waals surface area contributed by atoms with Crippen LogP contribution in [0.25, 0.3) is 5.78 Å². The molecule has 0 saturated heterocycles. The van der Waals surface area contributed by atoms with Crippen LogP contribution >= 0.6 is 0 Å². The lowest BCUT2D eigenvalue weighted by molar-refractivity contribution is -0.116. The predicted octanol–water partition coefficient (Wildman–Crippen LogP) is 1.25. The molecule has 1 aliphatic heterocycles. The van der Waals surface area contributed by atoms with Gasteiger partial charge in [-0.1, -0.05) is 18.2 Å². The zero-order chi connectivity index (χ0) is 16.7. The zero-order valence-corrected chi connectivity index (χ0v) is 12.9. The Morgan fingerprint density at radius 2 is 2.12 bits per heavy atom. The summed E-state index contributed by atoms with van der Waals surface area (Å²) in [5.74, 6) is -0.0343. The molecule has 1 aromatic carbocycles. The van der Waals surface area contributed by atoms with Crippen molar-refractivity contribution in [2.75, 3.05) is 5.32 Å². The number of hydrogen-bond acceptors (Lipinski definition) is 5. The van der Waals surface area contributed by atoms with Crippen molar-refractivity contribution in [1.29, 1.82) is 0 Å². The van der Waals surface area contributed by atoms with Crippen LogP contribution in [0.5, 0.6) is 0 Å². The third-order valence-corrected chi connectivity index (χ3v) is 3.93. The molecular formula is C16H14N6O2. The Kier molecular flexibility index (Phi) is 3.23. The zero-order valence-electron chi connectivity index (χ0n) is 12.9. The largest absolute Gasteiger partial charge is 0.342 e. The topological polar surface area (TPSA) is 101 Å². The van der Waals surface area contributed by atoms with E-state index in [1.807, 2.05) is 31.2 Å². The van der Waals surface area contributed by atoms with Gasteiger partial charge >= 0.3 is 0 Å². The molecule has 24 heavy (non-hydrogen) atoms. The Morgan fingerprint density at radius 3 is 3.00 bits per heavy atom. The number of rotatable bonds is 2. The Labute approximate surface area is 136 Å². The Bertz CT molecular complexity index is 964.